The number of nitrogens with zero attached hydrogens (tertiary/aromatic N) is 1. The zero-order chi connectivity index (χ0) is 13.1. The Morgan fingerprint density at radius 3 is 2.59 bits per heavy atom. The molecule has 0 unspecified atom stereocenters. The molecule has 5 heteroatoms. The normalized spacial score (nSPS) is 11.5. The van der Waals surface area contributed by atoms with Crippen LogP contribution in [0.15, 0.2) is 23.1 Å². The lowest BCUT2D eigenvalue weighted by Gasteiger charge is -2.07. The molecular weight excluding hydrogens is 258 g/mol. The first-order chi connectivity index (χ1) is 7.86. The summed E-state index contributed by atoms with van der Waals surface area (Å²) in [5.74, 6) is 0.421. The highest BCUT2D eigenvalue weighted by atomic mass is 35.5. The molecule has 0 heterocycles. The molecule has 0 N–H and O–H groups in total. The molecule has 0 aliphatic rings. The van der Waals surface area contributed by atoms with Gasteiger partial charge in [-0.05, 0) is 30.5 Å². The van der Waals surface area contributed by atoms with Gasteiger partial charge in [-0.25, -0.2) is 8.42 Å². The summed E-state index contributed by atoms with van der Waals surface area (Å²) in [6.07, 6.45) is 0.604. The quantitative estimate of drug-likeness (QED) is 0.846. The fourth-order valence-corrected chi connectivity index (χ4v) is 3.04. The zero-order valence-electron chi connectivity index (χ0n) is 9.77. The minimum Gasteiger partial charge on any atom is -0.224 e. The lowest BCUT2D eigenvalue weighted by atomic mass is 10.2. The van der Waals surface area contributed by atoms with Gasteiger partial charge >= 0.3 is 0 Å². The van der Waals surface area contributed by atoms with E-state index in [4.69, 9.17) is 16.9 Å². The SMILES string of the molecule is CC(C)CCS(=O)(=O)c1ccc(Cl)c(C#N)c1. The van der Waals surface area contributed by atoms with Crippen molar-refractivity contribution in [3.8, 4) is 6.07 Å². The summed E-state index contributed by atoms with van der Waals surface area (Å²) >= 11 is 5.76. The Bertz CT molecular complexity index is 544. The third-order valence-corrected chi connectivity index (χ3v) is 4.46. The second kappa shape index (κ2) is 5.52. The van der Waals surface area contributed by atoms with E-state index in [1.165, 1.54) is 18.2 Å². The van der Waals surface area contributed by atoms with Gasteiger partial charge in [-0.1, -0.05) is 25.4 Å². The predicted octanol–water partition coefficient (Wildman–Crippen LogP) is 3.03. The van der Waals surface area contributed by atoms with Crippen LogP contribution in [0.1, 0.15) is 25.8 Å². The molecule has 0 aliphatic carbocycles. The maximum atomic E-state index is 12.0. The summed E-state index contributed by atoms with van der Waals surface area (Å²) in [6.45, 7) is 3.94. The first kappa shape index (κ1) is 14.0. The monoisotopic (exact) mass is 271 g/mol. The van der Waals surface area contributed by atoms with E-state index in [9.17, 15) is 8.42 Å². The summed E-state index contributed by atoms with van der Waals surface area (Å²) in [4.78, 5) is 0.166. The average Bonchev–Trinajstić information content (AvgIpc) is 2.27. The largest absolute Gasteiger partial charge is 0.224 e. The molecule has 0 amide bonds. The number of nitriles is 1. The molecule has 1 rings (SSSR count). The Labute approximate surface area is 107 Å². The second-order valence-electron chi connectivity index (χ2n) is 4.25. The Hall–Kier alpha value is -1.05. The lowest BCUT2D eigenvalue weighted by Crippen LogP contribution is -2.09. The van der Waals surface area contributed by atoms with Crippen LogP contribution in [0.3, 0.4) is 0 Å². The highest BCUT2D eigenvalue weighted by molar-refractivity contribution is 7.91. The summed E-state index contributed by atoms with van der Waals surface area (Å²) < 4.78 is 23.9. The molecule has 17 heavy (non-hydrogen) atoms. The number of hydrogen-bond donors (Lipinski definition) is 0. The summed E-state index contributed by atoms with van der Waals surface area (Å²) in [6, 6.07) is 6.10. The Morgan fingerprint density at radius 1 is 1.41 bits per heavy atom. The maximum Gasteiger partial charge on any atom is 0.178 e. The van der Waals surface area contributed by atoms with E-state index in [1.54, 1.807) is 0 Å². The van der Waals surface area contributed by atoms with Crippen LogP contribution in [0, 0.1) is 17.2 Å². The highest BCUT2D eigenvalue weighted by Gasteiger charge is 2.16. The highest BCUT2D eigenvalue weighted by Crippen LogP contribution is 2.21. The summed E-state index contributed by atoms with van der Waals surface area (Å²) in [7, 11) is -3.31. The van der Waals surface area contributed by atoms with Crippen LogP contribution in [0.4, 0.5) is 0 Å². The zero-order valence-corrected chi connectivity index (χ0v) is 11.3. The van der Waals surface area contributed by atoms with Crippen LogP contribution in [0.2, 0.25) is 5.02 Å². The molecule has 0 atom stereocenters. The van der Waals surface area contributed by atoms with Gasteiger partial charge in [0, 0.05) is 0 Å². The van der Waals surface area contributed by atoms with E-state index >= 15 is 0 Å². The number of rotatable bonds is 4. The summed E-state index contributed by atoms with van der Waals surface area (Å²) in [5, 5.41) is 9.07. The third-order valence-electron chi connectivity index (χ3n) is 2.38. The van der Waals surface area contributed by atoms with Gasteiger partial charge < -0.3 is 0 Å². The van der Waals surface area contributed by atoms with Gasteiger partial charge in [0.15, 0.2) is 9.84 Å². The van der Waals surface area contributed by atoms with E-state index in [1.807, 2.05) is 19.9 Å². The molecular formula is C12H14ClNO2S. The second-order valence-corrected chi connectivity index (χ2v) is 6.77. The van der Waals surface area contributed by atoms with Crippen molar-refractivity contribution in [3.05, 3.63) is 28.8 Å². The first-order valence-corrected chi connectivity index (χ1v) is 7.32. The molecule has 0 aromatic heterocycles. The molecule has 1 aromatic rings. The molecule has 3 nitrogen and oxygen atoms in total. The van der Waals surface area contributed by atoms with E-state index in [0.717, 1.165) is 0 Å². The van der Waals surface area contributed by atoms with Crippen LogP contribution in [-0.4, -0.2) is 14.2 Å². The minimum atomic E-state index is -3.31. The molecule has 0 saturated carbocycles. The van der Waals surface area contributed by atoms with Gasteiger partial charge in [0.05, 0.1) is 21.2 Å². The lowest BCUT2D eigenvalue weighted by molar-refractivity contribution is 0.573. The predicted molar refractivity (Wildman–Crippen MR) is 67.7 cm³/mol. The van der Waals surface area contributed by atoms with E-state index < -0.39 is 9.84 Å². The van der Waals surface area contributed by atoms with Gasteiger partial charge in [-0.15, -0.1) is 0 Å². The van der Waals surface area contributed by atoms with Crippen LogP contribution in [-0.2, 0) is 9.84 Å². The summed E-state index contributed by atoms with van der Waals surface area (Å²) in [5.41, 5.74) is 0.192. The average molecular weight is 272 g/mol. The molecule has 0 spiro atoms. The number of halogens is 1. The van der Waals surface area contributed by atoms with Crippen LogP contribution < -0.4 is 0 Å². The van der Waals surface area contributed by atoms with E-state index in [-0.39, 0.29) is 21.2 Å². The molecule has 1 aromatic carbocycles. The molecule has 0 radical (unpaired) electrons. The van der Waals surface area contributed by atoms with E-state index in [2.05, 4.69) is 0 Å². The van der Waals surface area contributed by atoms with Crippen molar-refractivity contribution in [3.63, 3.8) is 0 Å². The molecule has 0 saturated heterocycles. The van der Waals surface area contributed by atoms with Crippen molar-refractivity contribution in [2.24, 2.45) is 5.92 Å². The Kier molecular flexibility index (Phi) is 4.55. The van der Waals surface area contributed by atoms with Crippen LogP contribution in [0.25, 0.3) is 0 Å². The maximum absolute atomic E-state index is 12.0. The fraction of sp³-hybridized carbons (Fsp3) is 0.417. The molecule has 0 fully saturated rings. The van der Waals surface area contributed by atoms with Crippen molar-refractivity contribution < 1.29 is 8.42 Å². The molecule has 92 valence electrons. The van der Waals surface area contributed by atoms with Crippen molar-refractivity contribution in [2.75, 3.05) is 5.75 Å². The van der Waals surface area contributed by atoms with Crippen molar-refractivity contribution >= 4 is 21.4 Å². The van der Waals surface area contributed by atoms with Crippen molar-refractivity contribution in [2.45, 2.75) is 25.2 Å². The topological polar surface area (TPSA) is 57.9 Å². The van der Waals surface area contributed by atoms with Crippen molar-refractivity contribution in [1.82, 2.24) is 0 Å². The third kappa shape index (κ3) is 3.72. The number of hydrogen-bond acceptors (Lipinski definition) is 3. The Balaban J connectivity index is 3.04. The van der Waals surface area contributed by atoms with Gasteiger partial charge in [0.25, 0.3) is 0 Å². The number of sulfone groups is 1. The van der Waals surface area contributed by atoms with Gasteiger partial charge in [-0.3, -0.25) is 0 Å². The standard InChI is InChI=1S/C12H14ClNO2S/c1-9(2)5-6-17(15,16)11-3-4-12(13)10(7-11)8-14/h3-4,7,9H,5-6H2,1-2H3. The van der Waals surface area contributed by atoms with Gasteiger partial charge in [0.2, 0.25) is 0 Å². The van der Waals surface area contributed by atoms with E-state index in [0.29, 0.717) is 12.3 Å². The van der Waals surface area contributed by atoms with Gasteiger partial charge in [0.1, 0.15) is 6.07 Å². The van der Waals surface area contributed by atoms with Gasteiger partial charge in [-0.2, -0.15) is 5.26 Å². The molecule has 0 aliphatic heterocycles. The minimum absolute atomic E-state index is 0.0944. The fourth-order valence-electron chi connectivity index (χ4n) is 1.29. The first-order valence-electron chi connectivity index (χ1n) is 5.29. The molecule has 0 bridgehead atoms. The number of benzene rings is 1. The Morgan fingerprint density at radius 2 is 2.06 bits per heavy atom. The van der Waals surface area contributed by atoms with Crippen molar-refractivity contribution in [1.29, 1.82) is 5.26 Å². The van der Waals surface area contributed by atoms with Crippen LogP contribution >= 0.6 is 11.6 Å². The smallest absolute Gasteiger partial charge is 0.178 e. The van der Waals surface area contributed by atoms with Crippen LogP contribution in [0.5, 0.6) is 0 Å².